The number of hydrogen-bond donors (Lipinski definition) is 2. The lowest BCUT2D eigenvalue weighted by Crippen LogP contribution is -2.28. The van der Waals surface area contributed by atoms with Crippen molar-refractivity contribution in [2.75, 3.05) is 4.72 Å². The number of carbonyl (C=O) groups excluding carboxylic acids is 1. The molecule has 3 rings (SSSR count). The zero-order valence-corrected chi connectivity index (χ0v) is 18.2. The van der Waals surface area contributed by atoms with E-state index in [9.17, 15) is 13.2 Å². The van der Waals surface area contributed by atoms with Gasteiger partial charge in [-0.05, 0) is 55.7 Å². The second-order valence-electron chi connectivity index (χ2n) is 7.29. The van der Waals surface area contributed by atoms with Crippen LogP contribution in [0.25, 0.3) is 0 Å². The van der Waals surface area contributed by atoms with Crippen LogP contribution >= 0.6 is 0 Å². The second-order valence-corrected chi connectivity index (χ2v) is 8.98. The van der Waals surface area contributed by atoms with E-state index >= 15 is 0 Å². The van der Waals surface area contributed by atoms with Gasteiger partial charge in [0.25, 0.3) is 15.9 Å². The molecule has 0 saturated heterocycles. The predicted octanol–water partition coefficient (Wildman–Crippen LogP) is 4.99. The highest BCUT2D eigenvalue weighted by Gasteiger charge is 2.18. The minimum atomic E-state index is -3.75. The van der Waals surface area contributed by atoms with Crippen LogP contribution in [0.5, 0.6) is 0 Å². The molecule has 6 heteroatoms. The predicted molar refractivity (Wildman–Crippen MR) is 120 cm³/mol. The van der Waals surface area contributed by atoms with Gasteiger partial charge in [-0.2, -0.15) is 0 Å². The molecule has 0 aliphatic carbocycles. The highest BCUT2D eigenvalue weighted by Crippen LogP contribution is 2.23. The van der Waals surface area contributed by atoms with Gasteiger partial charge in [-0.3, -0.25) is 9.52 Å². The molecular formula is C24H26N2O3S. The molecule has 0 aromatic heterocycles. The smallest absolute Gasteiger partial charge is 0.261 e. The Hall–Kier alpha value is -3.12. The Morgan fingerprint density at radius 1 is 0.933 bits per heavy atom. The molecule has 2 N–H and O–H groups in total. The lowest BCUT2D eigenvalue weighted by Gasteiger charge is -2.18. The molecular weight excluding hydrogens is 396 g/mol. The molecule has 5 nitrogen and oxygen atoms in total. The Morgan fingerprint density at radius 2 is 1.60 bits per heavy atom. The first kappa shape index (κ1) is 21.6. The first-order valence-electron chi connectivity index (χ1n) is 9.86. The molecule has 156 valence electrons. The van der Waals surface area contributed by atoms with Crippen molar-refractivity contribution in [3.05, 3.63) is 95.1 Å². The van der Waals surface area contributed by atoms with E-state index in [1.165, 1.54) is 0 Å². The normalized spacial score (nSPS) is 12.2. The third-order valence-corrected chi connectivity index (χ3v) is 6.37. The molecule has 0 unspecified atom stereocenters. The summed E-state index contributed by atoms with van der Waals surface area (Å²) in [6.45, 7) is 5.71. The van der Waals surface area contributed by atoms with Gasteiger partial charge in [0.2, 0.25) is 0 Å². The van der Waals surface area contributed by atoms with Gasteiger partial charge >= 0.3 is 0 Å². The van der Waals surface area contributed by atoms with E-state index < -0.39 is 10.0 Å². The average molecular weight is 423 g/mol. The lowest BCUT2D eigenvalue weighted by atomic mass is 10.0. The van der Waals surface area contributed by atoms with Gasteiger partial charge in [0, 0.05) is 5.56 Å². The Labute approximate surface area is 178 Å². The van der Waals surface area contributed by atoms with Gasteiger partial charge in [-0.25, -0.2) is 8.42 Å². The zero-order chi connectivity index (χ0) is 21.7. The van der Waals surface area contributed by atoms with Gasteiger partial charge in [-0.1, -0.05) is 61.0 Å². The molecule has 1 atom stereocenters. The summed E-state index contributed by atoms with van der Waals surface area (Å²) in [5.41, 5.74) is 3.53. The molecule has 3 aromatic rings. The standard InChI is InChI=1S/C24H26N2O3S/c1-4-22(19-8-6-5-7-9-19)25-24(27)20-13-12-18(3)23(16-20)26-30(28,29)21-14-10-17(2)11-15-21/h5-16,22,26H,4H2,1-3H3,(H,25,27)/t22-/m1/s1. The van der Waals surface area contributed by atoms with Crippen LogP contribution in [-0.2, 0) is 10.0 Å². The van der Waals surface area contributed by atoms with Gasteiger partial charge in [0.15, 0.2) is 0 Å². The van der Waals surface area contributed by atoms with Crippen molar-refractivity contribution in [1.82, 2.24) is 5.32 Å². The number of sulfonamides is 1. The highest BCUT2D eigenvalue weighted by atomic mass is 32.2. The van der Waals surface area contributed by atoms with Crippen LogP contribution in [0.15, 0.2) is 77.7 Å². The number of nitrogens with one attached hydrogen (secondary N) is 2. The number of anilines is 1. The van der Waals surface area contributed by atoms with E-state index in [1.54, 1.807) is 49.4 Å². The summed E-state index contributed by atoms with van der Waals surface area (Å²) in [6, 6.07) is 21.3. The molecule has 0 aliphatic heterocycles. The van der Waals surface area contributed by atoms with Crippen molar-refractivity contribution >= 4 is 21.6 Å². The van der Waals surface area contributed by atoms with E-state index in [-0.39, 0.29) is 16.8 Å². The van der Waals surface area contributed by atoms with Crippen molar-refractivity contribution in [3.8, 4) is 0 Å². The maximum atomic E-state index is 12.8. The van der Waals surface area contributed by atoms with Crippen molar-refractivity contribution in [2.24, 2.45) is 0 Å². The van der Waals surface area contributed by atoms with Crippen molar-refractivity contribution in [2.45, 2.75) is 38.1 Å². The van der Waals surface area contributed by atoms with Gasteiger partial charge in [0.05, 0.1) is 16.6 Å². The number of hydrogen-bond acceptors (Lipinski definition) is 3. The monoisotopic (exact) mass is 422 g/mol. The summed E-state index contributed by atoms with van der Waals surface area (Å²) in [6.07, 6.45) is 0.745. The number of rotatable bonds is 7. The molecule has 0 radical (unpaired) electrons. The Kier molecular flexibility index (Phi) is 6.57. The fourth-order valence-corrected chi connectivity index (χ4v) is 4.26. The molecule has 0 bridgehead atoms. The number of amides is 1. The van der Waals surface area contributed by atoms with Crippen LogP contribution in [0.3, 0.4) is 0 Å². The molecule has 0 aliphatic rings. The van der Waals surface area contributed by atoms with E-state index in [0.29, 0.717) is 11.3 Å². The van der Waals surface area contributed by atoms with Crippen molar-refractivity contribution in [1.29, 1.82) is 0 Å². The molecule has 3 aromatic carbocycles. The Balaban J connectivity index is 1.82. The summed E-state index contributed by atoms with van der Waals surface area (Å²) in [5.74, 6) is -0.249. The number of aryl methyl sites for hydroxylation is 2. The van der Waals surface area contributed by atoms with Crippen LogP contribution in [0.1, 0.15) is 46.4 Å². The summed E-state index contributed by atoms with van der Waals surface area (Å²) in [7, 11) is -3.75. The Morgan fingerprint density at radius 3 is 2.23 bits per heavy atom. The van der Waals surface area contributed by atoms with Crippen LogP contribution in [-0.4, -0.2) is 14.3 Å². The van der Waals surface area contributed by atoms with Gasteiger partial charge < -0.3 is 5.32 Å². The van der Waals surface area contributed by atoms with Crippen molar-refractivity contribution in [3.63, 3.8) is 0 Å². The van der Waals surface area contributed by atoms with Gasteiger partial charge in [0.1, 0.15) is 0 Å². The van der Waals surface area contributed by atoms with Crippen LogP contribution in [0.2, 0.25) is 0 Å². The molecule has 1 amide bonds. The maximum Gasteiger partial charge on any atom is 0.261 e. The average Bonchev–Trinajstić information content (AvgIpc) is 2.74. The second kappa shape index (κ2) is 9.13. The lowest BCUT2D eigenvalue weighted by molar-refractivity contribution is 0.0935. The van der Waals surface area contributed by atoms with Crippen LogP contribution in [0, 0.1) is 13.8 Å². The Bertz CT molecular complexity index is 1120. The molecule has 0 saturated carbocycles. The summed E-state index contributed by atoms with van der Waals surface area (Å²) in [4.78, 5) is 13.0. The van der Waals surface area contributed by atoms with Crippen LogP contribution in [0.4, 0.5) is 5.69 Å². The summed E-state index contributed by atoms with van der Waals surface area (Å²) < 4.78 is 28.1. The fourth-order valence-electron chi connectivity index (χ4n) is 3.14. The summed E-state index contributed by atoms with van der Waals surface area (Å²) in [5, 5.41) is 3.03. The molecule has 30 heavy (non-hydrogen) atoms. The summed E-state index contributed by atoms with van der Waals surface area (Å²) >= 11 is 0. The topological polar surface area (TPSA) is 75.3 Å². The molecule has 0 heterocycles. The minimum Gasteiger partial charge on any atom is -0.345 e. The van der Waals surface area contributed by atoms with Crippen LogP contribution < -0.4 is 10.0 Å². The third kappa shape index (κ3) is 5.07. The van der Waals surface area contributed by atoms with E-state index in [2.05, 4.69) is 10.0 Å². The van der Waals surface area contributed by atoms with E-state index in [4.69, 9.17) is 0 Å². The van der Waals surface area contributed by atoms with Crippen molar-refractivity contribution < 1.29 is 13.2 Å². The largest absolute Gasteiger partial charge is 0.345 e. The quantitative estimate of drug-likeness (QED) is 0.563. The van der Waals surface area contributed by atoms with E-state index in [0.717, 1.165) is 23.1 Å². The maximum absolute atomic E-state index is 12.8. The highest BCUT2D eigenvalue weighted by molar-refractivity contribution is 7.92. The number of carbonyl (C=O) groups is 1. The van der Waals surface area contributed by atoms with Gasteiger partial charge in [-0.15, -0.1) is 0 Å². The number of benzene rings is 3. The zero-order valence-electron chi connectivity index (χ0n) is 17.3. The third-order valence-electron chi connectivity index (χ3n) is 4.99. The molecule has 0 fully saturated rings. The minimum absolute atomic E-state index is 0.118. The first-order chi connectivity index (χ1) is 14.3. The first-order valence-corrected chi connectivity index (χ1v) is 11.3. The SMILES string of the molecule is CC[C@@H](NC(=O)c1ccc(C)c(NS(=O)(=O)c2ccc(C)cc2)c1)c1ccccc1. The van der Waals surface area contributed by atoms with E-state index in [1.807, 2.05) is 44.2 Å². The fraction of sp³-hybridized carbons (Fsp3) is 0.208. The molecule has 0 spiro atoms.